The van der Waals surface area contributed by atoms with Gasteiger partial charge in [0.05, 0.1) is 6.54 Å². The van der Waals surface area contributed by atoms with Crippen molar-refractivity contribution >= 4 is 23.5 Å². The fraction of sp³-hybridized carbons (Fsp3) is 0.393. The Kier molecular flexibility index (Phi) is 6.05. The quantitative estimate of drug-likeness (QED) is 0.566. The lowest BCUT2D eigenvalue weighted by atomic mass is 10.1. The third-order valence-electron chi connectivity index (χ3n) is 7.18. The van der Waals surface area contributed by atoms with Crippen LogP contribution in [-0.2, 0) is 6.42 Å². The van der Waals surface area contributed by atoms with E-state index in [4.69, 9.17) is 4.74 Å². The molecule has 36 heavy (non-hydrogen) atoms. The van der Waals surface area contributed by atoms with Crippen molar-refractivity contribution in [2.45, 2.75) is 26.2 Å². The number of ether oxygens (including phenoxy) is 1. The zero-order valence-corrected chi connectivity index (χ0v) is 20.6. The maximum Gasteiger partial charge on any atom is 0.326 e. The van der Waals surface area contributed by atoms with Gasteiger partial charge in [0.2, 0.25) is 0 Å². The molecule has 0 bridgehead atoms. The SMILES string of the molecule is C=CCN1CCN(c2cc(NC3=NCC(C4CC4)=C3)nc(Oc3ccc4c(c3F)C=C(C)C4)n2)CC1. The number of halogens is 1. The first-order valence-electron chi connectivity index (χ1n) is 12.7. The molecule has 3 heterocycles. The Balaban J connectivity index is 1.27. The fourth-order valence-corrected chi connectivity index (χ4v) is 5.08. The third kappa shape index (κ3) is 4.78. The van der Waals surface area contributed by atoms with Crippen molar-refractivity contribution in [2.75, 3.05) is 49.5 Å². The maximum atomic E-state index is 15.3. The number of aromatic nitrogens is 2. The van der Waals surface area contributed by atoms with Gasteiger partial charge in [-0.2, -0.15) is 9.97 Å². The lowest BCUT2D eigenvalue weighted by molar-refractivity contribution is 0.283. The number of nitrogens with one attached hydrogen (secondary N) is 1. The summed E-state index contributed by atoms with van der Waals surface area (Å²) in [5, 5.41) is 3.34. The number of amidine groups is 1. The molecular weight excluding hydrogens is 455 g/mol. The molecule has 186 valence electrons. The van der Waals surface area contributed by atoms with E-state index in [9.17, 15) is 0 Å². The molecule has 6 rings (SSSR count). The number of anilines is 2. The Labute approximate surface area is 211 Å². The van der Waals surface area contributed by atoms with E-state index in [1.54, 1.807) is 6.07 Å². The average molecular weight is 487 g/mol. The molecule has 4 aliphatic rings. The Morgan fingerprint density at radius 3 is 2.78 bits per heavy atom. The van der Waals surface area contributed by atoms with Gasteiger partial charge in [0.1, 0.15) is 17.5 Å². The standard InChI is InChI=1S/C28H31FN6O/c1-3-8-34-9-11-35(12-10-34)26-16-25(31-24-15-21(17-30-24)19-4-5-19)32-28(33-26)36-23-7-6-20-13-18(2)14-22(20)27(23)29/h3,6-7,14-16,19H,1,4-5,8-13,17H2,2H3,(H,30,31,32,33). The van der Waals surface area contributed by atoms with Crippen LogP contribution in [0.5, 0.6) is 11.8 Å². The van der Waals surface area contributed by atoms with Crippen LogP contribution in [0.25, 0.3) is 6.08 Å². The predicted octanol–water partition coefficient (Wildman–Crippen LogP) is 4.84. The Hall–Kier alpha value is -3.52. The topological polar surface area (TPSA) is 65.9 Å². The highest BCUT2D eigenvalue weighted by molar-refractivity contribution is 6.05. The second-order valence-electron chi connectivity index (χ2n) is 10.0. The van der Waals surface area contributed by atoms with Crippen molar-refractivity contribution in [1.29, 1.82) is 0 Å². The van der Waals surface area contributed by atoms with Crippen LogP contribution in [-0.4, -0.2) is 60.0 Å². The van der Waals surface area contributed by atoms with Crippen molar-refractivity contribution < 1.29 is 9.13 Å². The molecule has 2 fully saturated rings. The summed E-state index contributed by atoms with van der Waals surface area (Å²) in [7, 11) is 0. The average Bonchev–Trinajstić information content (AvgIpc) is 3.50. The van der Waals surface area contributed by atoms with E-state index in [0.29, 0.717) is 17.3 Å². The lowest BCUT2D eigenvalue weighted by Crippen LogP contribution is -2.46. The van der Waals surface area contributed by atoms with Crippen LogP contribution in [0.4, 0.5) is 16.0 Å². The smallest absolute Gasteiger partial charge is 0.326 e. The Morgan fingerprint density at radius 1 is 1.17 bits per heavy atom. The van der Waals surface area contributed by atoms with E-state index in [0.717, 1.165) is 68.5 Å². The van der Waals surface area contributed by atoms with Crippen LogP contribution in [0.2, 0.25) is 0 Å². The molecule has 0 spiro atoms. The minimum absolute atomic E-state index is 0.117. The van der Waals surface area contributed by atoms with Crippen LogP contribution in [0.1, 0.15) is 30.9 Å². The van der Waals surface area contributed by atoms with Crippen molar-refractivity contribution in [3.05, 3.63) is 65.0 Å². The largest absolute Gasteiger partial charge is 0.421 e. The number of fused-ring (bicyclic) bond motifs is 1. The van der Waals surface area contributed by atoms with Gasteiger partial charge in [-0.3, -0.25) is 9.89 Å². The summed E-state index contributed by atoms with van der Waals surface area (Å²) >= 11 is 0. The van der Waals surface area contributed by atoms with Gasteiger partial charge in [-0.15, -0.1) is 6.58 Å². The zero-order valence-electron chi connectivity index (χ0n) is 20.6. The molecule has 7 nitrogen and oxygen atoms in total. The molecule has 0 radical (unpaired) electrons. The van der Waals surface area contributed by atoms with E-state index in [1.807, 2.05) is 31.2 Å². The van der Waals surface area contributed by atoms with E-state index in [1.165, 1.54) is 18.4 Å². The second kappa shape index (κ2) is 9.50. The predicted molar refractivity (Wildman–Crippen MR) is 141 cm³/mol. The molecule has 1 saturated heterocycles. The number of hydrogen-bond donors (Lipinski definition) is 1. The first-order chi connectivity index (χ1) is 17.6. The number of nitrogens with zero attached hydrogens (tertiary/aromatic N) is 5. The highest BCUT2D eigenvalue weighted by Gasteiger charge is 2.28. The minimum atomic E-state index is -0.372. The molecule has 8 heteroatoms. The molecule has 0 amide bonds. The first kappa shape index (κ1) is 22.9. The molecule has 2 aliphatic carbocycles. The second-order valence-corrected chi connectivity index (χ2v) is 10.0. The summed E-state index contributed by atoms with van der Waals surface area (Å²) in [6.07, 6.45) is 9.21. The summed E-state index contributed by atoms with van der Waals surface area (Å²) in [4.78, 5) is 18.5. The van der Waals surface area contributed by atoms with E-state index in [-0.39, 0.29) is 17.6 Å². The molecule has 2 aromatic rings. The molecule has 0 atom stereocenters. The summed E-state index contributed by atoms with van der Waals surface area (Å²) in [5.74, 6) is 2.58. The lowest BCUT2D eigenvalue weighted by Gasteiger charge is -2.34. The number of allylic oxidation sites excluding steroid dienone is 1. The number of piperazine rings is 1. The molecule has 2 aliphatic heterocycles. The van der Waals surface area contributed by atoms with Gasteiger partial charge in [0.15, 0.2) is 11.6 Å². The molecule has 0 unspecified atom stereocenters. The van der Waals surface area contributed by atoms with Gasteiger partial charge in [0, 0.05) is 44.4 Å². The number of hydrogen-bond acceptors (Lipinski definition) is 7. The van der Waals surface area contributed by atoms with Gasteiger partial charge >= 0.3 is 6.01 Å². The summed E-state index contributed by atoms with van der Waals surface area (Å²) in [5.41, 5.74) is 4.09. The number of benzene rings is 1. The minimum Gasteiger partial charge on any atom is -0.421 e. The van der Waals surface area contributed by atoms with Crippen LogP contribution in [0.15, 0.2) is 53.1 Å². The monoisotopic (exact) mass is 486 g/mol. The van der Waals surface area contributed by atoms with E-state index in [2.05, 4.69) is 42.7 Å². The molecule has 1 saturated carbocycles. The Morgan fingerprint density at radius 2 is 2.00 bits per heavy atom. The van der Waals surface area contributed by atoms with Gasteiger partial charge < -0.3 is 15.0 Å². The number of rotatable bonds is 7. The molecule has 1 aromatic carbocycles. The van der Waals surface area contributed by atoms with E-state index >= 15 is 4.39 Å². The van der Waals surface area contributed by atoms with Gasteiger partial charge in [-0.25, -0.2) is 4.39 Å². The Bertz CT molecular complexity index is 1290. The van der Waals surface area contributed by atoms with Gasteiger partial charge in [0.25, 0.3) is 0 Å². The number of aliphatic imine (C=N–C) groups is 1. The van der Waals surface area contributed by atoms with Crippen LogP contribution in [0.3, 0.4) is 0 Å². The van der Waals surface area contributed by atoms with Crippen molar-refractivity contribution in [3.63, 3.8) is 0 Å². The van der Waals surface area contributed by atoms with Crippen LogP contribution < -0.4 is 15.0 Å². The first-order valence-corrected chi connectivity index (χ1v) is 12.7. The highest BCUT2D eigenvalue weighted by atomic mass is 19.1. The fourth-order valence-electron chi connectivity index (χ4n) is 5.08. The third-order valence-corrected chi connectivity index (χ3v) is 7.18. The zero-order chi connectivity index (χ0) is 24.6. The van der Waals surface area contributed by atoms with Crippen LogP contribution in [0, 0.1) is 11.7 Å². The van der Waals surface area contributed by atoms with Crippen molar-refractivity contribution in [1.82, 2.24) is 14.9 Å². The van der Waals surface area contributed by atoms with Crippen molar-refractivity contribution in [2.24, 2.45) is 10.9 Å². The van der Waals surface area contributed by atoms with E-state index < -0.39 is 0 Å². The van der Waals surface area contributed by atoms with Gasteiger partial charge in [-0.1, -0.05) is 23.8 Å². The summed E-state index contributed by atoms with van der Waals surface area (Å²) in [6, 6.07) is 5.63. The summed E-state index contributed by atoms with van der Waals surface area (Å²) < 4.78 is 21.2. The van der Waals surface area contributed by atoms with Crippen molar-refractivity contribution in [3.8, 4) is 11.8 Å². The van der Waals surface area contributed by atoms with Crippen LogP contribution >= 0.6 is 0 Å². The normalized spacial score (nSPS) is 19.5. The maximum absolute atomic E-state index is 15.3. The molecular formula is C28H31FN6O. The highest BCUT2D eigenvalue weighted by Crippen LogP contribution is 2.38. The van der Waals surface area contributed by atoms with Gasteiger partial charge in [-0.05, 0) is 55.4 Å². The molecule has 1 N–H and O–H groups in total. The molecule has 1 aromatic heterocycles. The summed E-state index contributed by atoms with van der Waals surface area (Å²) in [6.45, 7) is 11.0.